The first-order valence-electron chi connectivity index (χ1n) is 6.22. The molecule has 1 N–H and O–H groups in total. The SMILES string of the molecule is CCOc1ccc(CC(=O)N2CC(C)(O)C2)cc1. The van der Waals surface area contributed by atoms with E-state index in [-0.39, 0.29) is 5.91 Å². The first-order chi connectivity index (χ1) is 8.50. The molecule has 0 spiro atoms. The number of aliphatic hydroxyl groups is 1. The third-order valence-corrected chi connectivity index (χ3v) is 3.01. The molecule has 0 aliphatic carbocycles. The molecule has 1 fully saturated rings. The minimum Gasteiger partial charge on any atom is -0.494 e. The maximum atomic E-state index is 11.9. The Morgan fingerprint density at radius 3 is 2.50 bits per heavy atom. The van der Waals surface area contributed by atoms with Gasteiger partial charge in [0, 0.05) is 0 Å². The van der Waals surface area contributed by atoms with Crippen LogP contribution in [-0.2, 0) is 11.2 Å². The van der Waals surface area contributed by atoms with Gasteiger partial charge in [0.1, 0.15) is 5.75 Å². The molecular weight excluding hydrogens is 230 g/mol. The van der Waals surface area contributed by atoms with Crippen LogP contribution in [0.5, 0.6) is 5.75 Å². The van der Waals surface area contributed by atoms with Crippen molar-refractivity contribution in [3.05, 3.63) is 29.8 Å². The molecule has 1 saturated heterocycles. The van der Waals surface area contributed by atoms with Gasteiger partial charge in [-0.15, -0.1) is 0 Å². The van der Waals surface area contributed by atoms with Gasteiger partial charge in [0.25, 0.3) is 0 Å². The number of benzene rings is 1. The number of carbonyl (C=O) groups excluding carboxylic acids is 1. The number of rotatable bonds is 4. The van der Waals surface area contributed by atoms with E-state index < -0.39 is 5.60 Å². The van der Waals surface area contributed by atoms with Crippen LogP contribution in [0.3, 0.4) is 0 Å². The predicted molar refractivity (Wildman–Crippen MR) is 68.5 cm³/mol. The van der Waals surface area contributed by atoms with Crippen molar-refractivity contribution in [2.75, 3.05) is 19.7 Å². The van der Waals surface area contributed by atoms with Crippen LogP contribution in [0.2, 0.25) is 0 Å². The Morgan fingerprint density at radius 1 is 1.39 bits per heavy atom. The summed E-state index contributed by atoms with van der Waals surface area (Å²) < 4.78 is 5.34. The zero-order chi connectivity index (χ0) is 13.2. The Balaban J connectivity index is 1.88. The molecule has 1 heterocycles. The topological polar surface area (TPSA) is 49.8 Å². The van der Waals surface area contributed by atoms with Gasteiger partial charge >= 0.3 is 0 Å². The molecule has 2 rings (SSSR count). The van der Waals surface area contributed by atoms with E-state index in [1.165, 1.54) is 0 Å². The molecule has 1 aromatic carbocycles. The fourth-order valence-corrected chi connectivity index (χ4v) is 2.11. The molecule has 4 nitrogen and oxygen atoms in total. The summed E-state index contributed by atoms with van der Waals surface area (Å²) >= 11 is 0. The maximum Gasteiger partial charge on any atom is 0.227 e. The highest BCUT2D eigenvalue weighted by atomic mass is 16.5. The number of β-amino-alcohol motifs (C(OH)–C–C–N with tert-alkyl or cyclic N) is 1. The van der Waals surface area contributed by atoms with Crippen LogP contribution in [0.15, 0.2) is 24.3 Å². The monoisotopic (exact) mass is 249 g/mol. The molecule has 1 aliphatic heterocycles. The molecule has 0 aromatic heterocycles. The van der Waals surface area contributed by atoms with Crippen LogP contribution in [0.4, 0.5) is 0 Å². The van der Waals surface area contributed by atoms with Crippen molar-refractivity contribution in [1.82, 2.24) is 4.90 Å². The second-order valence-corrected chi connectivity index (χ2v) is 5.00. The van der Waals surface area contributed by atoms with Gasteiger partial charge < -0.3 is 14.7 Å². The van der Waals surface area contributed by atoms with E-state index in [0.717, 1.165) is 11.3 Å². The quantitative estimate of drug-likeness (QED) is 0.873. The lowest BCUT2D eigenvalue weighted by molar-refractivity contribution is -0.151. The number of amides is 1. The van der Waals surface area contributed by atoms with Gasteiger partial charge in [0.05, 0.1) is 31.7 Å². The first-order valence-corrected chi connectivity index (χ1v) is 6.22. The molecular formula is C14H19NO3. The summed E-state index contributed by atoms with van der Waals surface area (Å²) in [6, 6.07) is 7.55. The van der Waals surface area contributed by atoms with Gasteiger partial charge in [-0.3, -0.25) is 4.79 Å². The molecule has 1 aliphatic rings. The van der Waals surface area contributed by atoms with E-state index in [1.54, 1.807) is 11.8 Å². The third-order valence-electron chi connectivity index (χ3n) is 3.01. The Hall–Kier alpha value is -1.55. The van der Waals surface area contributed by atoms with Crippen molar-refractivity contribution in [2.24, 2.45) is 0 Å². The molecule has 0 saturated carbocycles. The summed E-state index contributed by atoms with van der Waals surface area (Å²) in [6.45, 7) is 5.19. The van der Waals surface area contributed by atoms with Crippen molar-refractivity contribution in [3.63, 3.8) is 0 Å². The van der Waals surface area contributed by atoms with E-state index in [1.807, 2.05) is 31.2 Å². The highest BCUT2D eigenvalue weighted by molar-refractivity contribution is 5.79. The molecule has 4 heteroatoms. The lowest BCUT2D eigenvalue weighted by Crippen LogP contribution is -2.62. The molecule has 1 aromatic rings. The highest BCUT2D eigenvalue weighted by Gasteiger charge is 2.38. The Labute approximate surface area is 107 Å². The molecule has 0 bridgehead atoms. The second kappa shape index (κ2) is 4.98. The maximum absolute atomic E-state index is 11.9. The zero-order valence-corrected chi connectivity index (χ0v) is 10.8. The highest BCUT2D eigenvalue weighted by Crippen LogP contribution is 2.21. The summed E-state index contributed by atoms with van der Waals surface area (Å²) in [4.78, 5) is 13.6. The summed E-state index contributed by atoms with van der Waals surface area (Å²) in [7, 11) is 0. The minimum absolute atomic E-state index is 0.0608. The predicted octanol–water partition coefficient (Wildman–Crippen LogP) is 1.22. The molecule has 1 amide bonds. The molecule has 0 radical (unpaired) electrons. The van der Waals surface area contributed by atoms with Gasteiger partial charge in [0.15, 0.2) is 0 Å². The van der Waals surface area contributed by atoms with Gasteiger partial charge in [0.2, 0.25) is 5.91 Å². The summed E-state index contributed by atoms with van der Waals surface area (Å²) in [5, 5.41) is 9.58. The fourth-order valence-electron chi connectivity index (χ4n) is 2.11. The standard InChI is InChI=1S/C14H19NO3/c1-3-18-12-6-4-11(5-7-12)8-13(16)15-9-14(2,17)10-15/h4-7,17H,3,8-10H2,1-2H3. The van der Waals surface area contributed by atoms with Crippen LogP contribution in [0, 0.1) is 0 Å². The largest absolute Gasteiger partial charge is 0.494 e. The molecule has 98 valence electrons. The van der Waals surface area contributed by atoms with Crippen LogP contribution in [-0.4, -0.2) is 41.2 Å². The van der Waals surface area contributed by atoms with Crippen molar-refractivity contribution in [2.45, 2.75) is 25.9 Å². The van der Waals surface area contributed by atoms with Crippen LogP contribution >= 0.6 is 0 Å². The minimum atomic E-state index is -0.700. The van der Waals surface area contributed by atoms with Crippen molar-refractivity contribution < 1.29 is 14.6 Å². The Kier molecular flexibility index (Phi) is 3.57. The molecule has 18 heavy (non-hydrogen) atoms. The number of hydrogen-bond acceptors (Lipinski definition) is 3. The van der Waals surface area contributed by atoms with Gasteiger partial charge in [-0.05, 0) is 31.5 Å². The summed E-state index contributed by atoms with van der Waals surface area (Å²) in [5.74, 6) is 0.881. The molecule has 0 atom stereocenters. The van der Waals surface area contributed by atoms with E-state index in [9.17, 15) is 9.90 Å². The molecule has 0 unspecified atom stereocenters. The van der Waals surface area contributed by atoms with Gasteiger partial charge in [-0.1, -0.05) is 12.1 Å². The van der Waals surface area contributed by atoms with Gasteiger partial charge in [-0.2, -0.15) is 0 Å². The Morgan fingerprint density at radius 2 is 2.00 bits per heavy atom. The second-order valence-electron chi connectivity index (χ2n) is 5.00. The van der Waals surface area contributed by atoms with Crippen molar-refractivity contribution in [3.8, 4) is 5.75 Å². The van der Waals surface area contributed by atoms with Crippen molar-refractivity contribution in [1.29, 1.82) is 0 Å². The first kappa shape index (κ1) is 12.9. The number of carbonyl (C=O) groups is 1. The van der Waals surface area contributed by atoms with Crippen molar-refractivity contribution >= 4 is 5.91 Å². The van der Waals surface area contributed by atoms with Crippen LogP contribution in [0.25, 0.3) is 0 Å². The Bertz CT molecular complexity index is 417. The lowest BCUT2D eigenvalue weighted by atomic mass is 9.96. The number of hydrogen-bond donors (Lipinski definition) is 1. The average Bonchev–Trinajstić information content (AvgIpc) is 2.29. The lowest BCUT2D eigenvalue weighted by Gasteiger charge is -2.44. The average molecular weight is 249 g/mol. The number of ether oxygens (including phenoxy) is 1. The fraction of sp³-hybridized carbons (Fsp3) is 0.500. The summed E-state index contributed by atoms with van der Waals surface area (Å²) in [5.41, 5.74) is 0.268. The number of nitrogens with zero attached hydrogens (tertiary/aromatic N) is 1. The van der Waals surface area contributed by atoms with E-state index >= 15 is 0 Å². The van der Waals surface area contributed by atoms with Gasteiger partial charge in [-0.25, -0.2) is 0 Å². The summed E-state index contributed by atoms with van der Waals surface area (Å²) in [6.07, 6.45) is 0.377. The number of likely N-dealkylation sites (tertiary alicyclic amines) is 1. The smallest absolute Gasteiger partial charge is 0.227 e. The third kappa shape index (κ3) is 3.01. The normalized spacial score (nSPS) is 17.2. The van der Waals surface area contributed by atoms with E-state index in [0.29, 0.717) is 26.1 Å². The van der Waals surface area contributed by atoms with Crippen LogP contribution < -0.4 is 4.74 Å². The zero-order valence-electron chi connectivity index (χ0n) is 10.8. The van der Waals surface area contributed by atoms with E-state index in [4.69, 9.17) is 4.74 Å². The van der Waals surface area contributed by atoms with Crippen LogP contribution in [0.1, 0.15) is 19.4 Å². The van der Waals surface area contributed by atoms with E-state index in [2.05, 4.69) is 0 Å².